The van der Waals surface area contributed by atoms with Crippen molar-refractivity contribution in [3.63, 3.8) is 0 Å². The number of aliphatic hydroxyl groups excluding tert-OH is 1. The standard InChI is InChI=1S/C12H12ClNO6/c1-18-12(17)8(4-15)14-11(16)6-2-7(13)10-9(3-6)19-5-20-10/h2-3,8,15H,4-5H2,1H3,(H,14,16)/t8-/m0/s1. The molecule has 20 heavy (non-hydrogen) atoms. The van der Waals surface area contributed by atoms with Gasteiger partial charge in [0.25, 0.3) is 5.91 Å². The van der Waals surface area contributed by atoms with E-state index in [0.717, 1.165) is 7.11 Å². The average Bonchev–Trinajstić information content (AvgIpc) is 2.92. The van der Waals surface area contributed by atoms with Crippen LogP contribution >= 0.6 is 11.6 Å². The van der Waals surface area contributed by atoms with E-state index in [1.165, 1.54) is 12.1 Å². The molecule has 0 saturated carbocycles. The fourth-order valence-electron chi connectivity index (χ4n) is 1.66. The summed E-state index contributed by atoms with van der Waals surface area (Å²) in [6.07, 6.45) is 0. The van der Waals surface area contributed by atoms with Gasteiger partial charge in [-0.15, -0.1) is 0 Å². The van der Waals surface area contributed by atoms with Crippen molar-refractivity contribution in [1.29, 1.82) is 0 Å². The highest BCUT2D eigenvalue weighted by molar-refractivity contribution is 6.32. The number of benzene rings is 1. The van der Waals surface area contributed by atoms with Crippen molar-refractivity contribution in [2.75, 3.05) is 20.5 Å². The van der Waals surface area contributed by atoms with Crippen LogP contribution in [-0.4, -0.2) is 43.5 Å². The normalized spacial score (nSPS) is 13.8. The second-order valence-electron chi connectivity index (χ2n) is 3.92. The Balaban J connectivity index is 2.17. The number of aliphatic hydroxyl groups is 1. The van der Waals surface area contributed by atoms with Gasteiger partial charge >= 0.3 is 5.97 Å². The summed E-state index contributed by atoms with van der Waals surface area (Å²) in [5.41, 5.74) is 0.182. The maximum atomic E-state index is 12.0. The molecule has 0 bridgehead atoms. The first-order valence-electron chi connectivity index (χ1n) is 5.65. The molecule has 1 aromatic rings. The Hall–Kier alpha value is -1.99. The van der Waals surface area contributed by atoms with E-state index in [1.807, 2.05) is 0 Å². The van der Waals surface area contributed by atoms with Crippen LogP contribution in [0.1, 0.15) is 10.4 Å². The number of rotatable bonds is 4. The number of fused-ring (bicyclic) bond motifs is 1. The molecule has 0 fully saturated rings. The first-order chi connectivity index (χ1) is 9.56. The second-order valence-corrected chi connectivity index (χ2v) is 4.33. The predicted molar refractivity (Wildman–Crippen MR) is 67.9 cm³/mol. The molecule has 0 saturated heterocycles. The molecule has 0 aliphatic carbocycles. The number of nitrogens with one attached hydrogen (secondary N) is 1. The topological polar surface area (TPSA) is 94.1 Å². The molecule has 1 atom stereocenters. The van der Waals surface area contributed by atoms with Crippen molar-refractivity contribution in [2.24, 2.45) is 0 Å². The van der Waals surface area contributed by atoms with Gasteiger partial charge in [0, 0.05) is 5.56 Å². The highest BCUT2D eigenvalue weighted by Crippen LogP contribution is 2.39. The smallest absolute Gasteiger partial charge is 0.330 e. The van der Waals surface area contributed by atoms with Crippen LogP contribution in [0.15, 0.2) is 12.1 Å². The summed E-state index contributed by atoms with van der Waals surface area (Å²) in [6.45, 7) is -0.543. The van der Waals surface area contributed by atoms with Gasteiger partial charge < -0.3 is 24.6 Å². The maximum absolute atomic E-state index is 12.0. The molecule has 7 nitrogen and oxygen atoms in total. The van der Waals surface area contributed by atoms with E-state index in [0.29, 0.717) is 11.5 Å². The van der Waals surface area contributed by atoms with Gasteiger partial charge in [0.1, 0.15) is 0 Å². The molecule has 0 aromatic heterocycles. The minimum atomic E-state index is -1.14. The molecular formula is C12H12ClNO6. The maximum Gasteiger partial charge on any atom is 0.330 e. The van der Waals surface area contributed by atoms with Crippen LogP contribution in [0.3, 0.4) is 0 Å². The number of esters is 1. The number of methoxy groups -OCH3 is 1. The van der Waals surface area contributed by atoms with Crippen molar-refractivity contribution in [3.8, 4) is 11.5 Å². The van der Waals surface area contributed by atoms with E-state index in [2.05, 4.69) is 10.1 Å². The number of hydrogen-bond donors (Lipinski definition) is 2. The summed E-state index contributed by atoms with van der Waals surface area (Å²) in [4.78, 5) is 23.3. The van der Waals surface area contributed by atoms with Gasteiger partial charge in [0.05, 0.1) is 18.7 Å². The lowest BCUT2D eigenvalue weighted by Crippen LogP contribution is -2.44. The lowest BCUT2D eigenvalue weighted by molar-refractivity contribution is -0.143. The summed E-state index contributed by atoms with van der Waals surface area (Å²) in [7, 11) is 1.16. The highest BCUT2D eigenvalue weighted by atomic mass is 35.5. The van der Waals surface area contributed by atoms with Crippen LogP contribution in [-0.2, 0) is 9.53 Å². The molecule has 1 aromatic carbocycles. The number of carbonyl (C=O) groups is 2. The molecule has 108 valence electrons. The summed E-state index contributed by atoms with van der Waals surface area (Å²) in [6, 6.07) is 1.68. The van der Waals surface area contributed by atoms with Crippen LogP contribution in [0.4, 0.5) is 0 Å². The van der Waals surface area contributed by atoms with E-state index in [9.17, 15) is 9.59 Å². The average molecular weight is 302 g/mol. The van der Waals surface area contributed by atoms with Crippen molar-refractivity contribution in [2.45, 2.75) is 6.04 Å². The summed E-state index contributed by atoms with van der Waals surface area (Å²) < 4.78 is 14.7. The van der Waals surface area contributed by atoms with Crippen LogP contribution < -0.4 is 14.8 Å². The Morgan fingerprint density at radius 2 is 2.25 bits per heavy atom. The molecule has 1 amide bonds. The fraction of sp³-hybridized carbons (Fsp3) is 0.333. The van der Waals surface area contributed by atoms with Crippen molar-refractivity contribution in [1.82, 2.24) is 5.32 Å². The predicted octanol–water partition coefficient (Wildman–Crippen LogP) is 0.332. The SMILES string of the molecule is COC(=O)[C@H](CO)NC(=O)c1cc(Cl)c2c(c1)OCO2. The Morgan fingerprint density at radius 3 is 2.90 bits per heavy atom. The van der Waals surface area contributed by atoms with Gasteiger partial charge in [0.2, 0.25) is 6.79 Å². The molecule has 8 heteroatoms. The molecule has 1 aliphatic heterocycles. The largest absolute Gasteiger partial charge is 0.467 e. The summed E-state index contributed by atoms with van der Waals surface area (Å²) >= 11 is 5.95. The molecule has 0 unspecified atom stereocenters. The Bertz CT molecular complexity index is 547. The van der Waals surface area contributed by atoms with E-state index < -0.39 is 24.5 Å². The zero-order valence-corrected chi connectivity index (χ0v) is 11.3. The van der Waals surface area contributed by atoms with E-state index in [-0.39, 0.29) is 17.4 Å². The van der Waals surface area contributed by atoms with Crippen molar-refractivity contribution >= 4 is 23.5 Å². The Morgan fingerprint density at radius 1 is 1.50 bits per heavy atom. The first-order valence-corrected chi connectivity index (χ1v) is 6.03. The molecule has 2 N–H and O–H groups in total. The third-order valence-corrected chi connectivity index (χ3v) is 2.94. The Kier molecular flexibility index (Phi) is 4.31. The lowest BCUT2D eigenvalue weighted by atomic mass is 10.1. The molecule has 0 radical (unpaired) electrons. The van der Waals surface area contributed by atoms with Crippen molar-refractivity contribution < 1.29 is 28.9 Å². The van der Waals surface area contributed by atoms with Gasteiger partial charge in [-0.1, -0.05) is 11.6 Å². The third kappa shape index (κ3) is 2.78. The van der Waals surface area contributed by atoms with E-state index in [4.69, 9.17) is 26.2 Å². The number of hydrogen-bond acceptors (Lipinski definition) is 6. The van der Waals surface area contributed by atoms with Gasteiger partial charge in [-0.2, -0.15) is 0 Å². The lowest BCUT2D eigenvalue weighted by Gasteiger charge is -2.14. The van der Waals surface area contributed by atoms with Gasteiger partial charge in [-0.25, -0.2) is 4.79 Å². The molecule has 2 rings (SSSR count). The number of ether oxygens (including phenoxy) is 3. The first kappa shape index (κ1) is 14.4. The fourth-order valence-corrected chi connectivity index (χ4v) is 1.93. The van der Waals surface area contributed by atoms with Crippen LogP contribution in [0.25, 0.3) is 0 Å². The molecular weight excluding hydrogens is 290 g/mol. The molecule has 0 spiro atoms. The minimum Gasteiger partial charge on any atom is -0.467 e. The van der Waals surface area contributed by atoms with Crippen LogP contribution in [0, 0.1) is 0 Å². The third-order valence-electron chi connectivity index (χ3n) is 2.66. The summed E-state index contributed by atoms with van der Waals surface area (Å²) in [5, 5.41) is 11.6. The Labute approximate surface area is 119 Å². The number of halogens is 1. The van der Waals surface area contributed by atoms with Gasteiger partial charge in [-0.05, 0) is 12.1 Å². The van der Waals surface area contributed by atoms with Crippen LogP contribution in [0.2, 0.25) is 5.02 Å². The zero-order valence-electron chi connectivity index (χ0n) is 10.5. The zero-order chi connectivity index (χ0) is 14.7. The summed E-state index contributed by atoms with van der Waals surface area (Å²) in [5.74, 6) is -0.613. The number of carbonyl (C=O) groups excluding carboxylic acids is 2. The monoisotopic (exact) mass is 301 g/mol. The minimum absolute atomic E-state index is 0.0293. The second kappa shape index (κ2) is 5.98. The molecule has 1 aliphatic rings. The molecule has 1 heterocycles. The quantitative estimate of drug-likeness (QED) is 0.779. The van der Waals surface area contributed by atoms with Gasteiger partial charge in [0.15, 0.2) is 17.5 Å². The van der Waals surface area contributed by atoms with E-state index in [1.54, 1.807) is 0 Å². The number of amides is 1. The highest BCUT2D eigenvalue weighted by Gasteiger charge is 2.24. The van der Waals surface area contributed by atoms with Crippen molar-refractivity contribution in [3.05, 3.63) is 22.7 Å². The van der Waals surface area contributed by atoms with Gasteiger partial charge in [-0.3, -0.25) is 4.79 Å². The van der Waals surface area contributed by atoms with Crippen LogP contribution in [0.5, 0.6) is 11.5 Å². The van der Waals surface area contributed by atoms with E-state index >= 15 is 0 Å².